The molecule has 0 spiro atoms. The lowest BCUT2D eigenvalue weighted by Gasteiger charge is -2.43. The van der Waals surface area contributed by atoms with E-state index in [0.29, 0.717) is 0 Å². The van der Waals surface area contributed by atoms with Crippen LogP contribution in [0.25, 0.3) is 0 Å². The predicted octanol–water partition coefficient (Wildman–Crippen LogP) is 11.9. The van der Waals surface area contributed by atoms with Crippen molar-refractivity contribution < 1.29 is 79.0 Å². The minimum Gasteiger partial charge on any atom is -0.206 e. The van der Waals surface area contributed by atoms with Gasteiger partial charge in [-0.2, -0.15) is 65.9 Å². The molecule has 44 heavy (non-hydrogen) atoms. The summed E-state index contributed by atoms with van der Waals surface area (Å²) in [5.41, 5.74) is -18.5. The number of unbranched alkanes of at least 4 members (excludes halogenated alkanes) is 6. The smallest absolute Gasteiger partial charge is 0.206 e. The van der Waals surface area contributed by atoms with Crippen molar-refractivity contribution in [3.63, 3.8) is 0 Å². The standard InChI is InChI=1S/C25H27F18P/c1-3-5-7-9-11-19(29,30)22(36,37)24(40,41)44(15-13-14(26)17(27)16(18(15)28)21(33,34)35)25(42,43)23(38,39)20(31,32)12-10-8-6-4-2/h13H,3-12H2,1-2H3. The van der Waals surface area contributed by atoms with Gasteiger partial charge in [0.05, 0.1) is 7.92 Å². The van der Waals surface area contributed by atoms with Crippen LogP contribution >= 0.6 is 7.92 Å². The van der Waals surface area contributed by atoms with Gasteiger partial charge >= 0.3 is 41.2 Å². The molecule has 0 amide bonds. The average Bonchev–Trinajstić information content (AvgIpc) is 2.86. The van der Waals surface area contributed by atoms with Crippen LogP contribution in [0.4, 0.5) is 79.0 Å². The number of halogens is 18. The first kappa shape index (κ1) is 40.4. The third kappa shape index (κ3) is 7.67. The highest BCUT2D eigenvalue weighted by Gasteiger charge is 2.84. The molecule has 0 saturated carbocycles. The van der Waals surface area contributed by atoms with E-state index in [2.05, 4.69) is 0 Å². The maximum atomic E-state index is 15.3. The van der Waals surface area contributed by atoms with Crippen molar-refractivity contribution in [1.29, 1.82) is 0 Å². The first-order valence-corrected chi connectivity index (χ1v) is 14.4. The first-order chi connectivity index (χ1) is 19.7. The molecule has 0 aromatic heterocycles. The molecule has 0 aliphatic carbocycles. The molecule has 0 aliphatic rings. The summed E-state index contributed by atoms with van der Waals surface area (Å²) in [5.74, 6) is -37.0. The molecule has 1 aromatic carbocycles. The Morgan fingerprint density at radius 1 is 0.523 bits per heavy atom. The Morgan fingerprint density at radius 2 is 0.886 bits per heavy atom. The van der Waals surface area contributed by atoms with Gasteiger partial charge in [-0.25, -0.2) is 13.2 Å². The summed E-state index contributed by atoms with van der Waals surface area (Å²) in [6.45, 7) is 2.98. The molecule has 1 rings (SSSR count). The van der Waals surface area contributed by atoms with Gasteiger partial charge in [-0.15, -0.1) is 0 Å². The van der Waals surface area contributed by atoms with Gasteiger partial charge in [0, 0.05) is 18.1 Å². The van der Waals surface area contributed by atoms with Crippen LogP contribution in [0.1, 0.15) is 83.6 Å². The van der Waals surface area contributed by atoms with Gasteiger partial charge in [0.25, 0.3) is 0 Å². The van der Waals surface area contributed by atoms with Crippen molar-refractivity contribution >= 4 is 13.2 Å². The molecule has 0 radical (unpaired) electrons. The lowest BCUT2D eigenvalue weighted by molar-refractivity contribution is -0.295. The zero-order valence-electron chi connectivity index (χ0n) is 22.9. The zero-order chi connectivity index (χ0) is 34.7. The Morgan fingerprint density at radius 3 is 1.20 bits per heavy atom. The molecular formula is C25H27F18P. The summed E-state index contributed by atoms with van der Waals surface area (Å²) < 4.78 is 261. The van der Waals surface area contributed by atoms with Gasteiger partial charge in [0.2, 0.25) is 0 Å². The molecule has 1 aromatic rings. The molecule has 0 bridgehead atoms. The summed E-state index contributed by atoms with van der Waals surface area (Å²) in [6.07, 6.45) is -13.1. The maximum absolute atomic E-state index is 15.3. The Bertz CT molecular complexity index is 1050. The van der Waals surface area contributed by atoms with Gasteiger partial charge in [-0.3, -0.25) is 0 Å². The first-order valence-electron chi connectivity index (χ1n) is 13.0. The third-order valence-electron chi connectivity index (χ3n) is 6.59. The van der Waals surface area contributed by atoms with E-state index in [9.17, 15) is 61.5 Å². The number of hydrogen-bond acceptors (Lipinski definition) is 0. The molecular weight excluding hydrogens is 673 g/mol. The molecule has 0 heterocycles. The van der Waals surface area contributed by atoms with Crippen molar-refractivity contribution in [1.82, 2.24) is 0 Å². The second-order valence-electron chi connectivity index (χ2n) is 9.98. The Hall–Kier alpha value is -1.61. The molecule has 0 atom stereocenters. The molecule has 0 unspecified atom stereocenters. The van der Waals surface area contributed by atoms with Gasteiger partial charge in [-0.1, -0.05) is 52.4 Å². The van der Waals surface area contributed by atoms with Gasteiger partial charge in [-0.05, 0) is 18.9 Å². The number of benzene rings is 1. The largest absolute Gasteiger partial charge is 0.422 e. The van der Waals surface area contributed by atoms with Crippen LogP contribution in [0.5, 0.6) is 0 Å². The summed E-state index contributed by atoms with van der Waals surface area (Å²) >= 11 is 0. The lowest BCUT2D eigenvalue weighted by atomic mass is 10.0. The van der Waals surface area contributed by atoms with E-state index in [0.717, 1.165) is 0 Å². The van der Waals surface area contributed by atoms with Crippen LogP contribution in [0, 0.1) is 17.5 Å². The Balaban J connectivity index is 4.11. The van der Waals surface area contributed by atoms with E-state index in [1.807, 2.05) is 0 Å². The highest BCUT2D eigenvalue weighted by atomic mass is 31.1. The van der Waals surface area contributed by atoms with Gasteiger partial charge in [0.1, 0.15) is 11.4 Å². The normalized spacial score (nSPS) is 14.6. The molecule has 0 aliphatic heterocycles. The lowest BCUT2D eigenvalue weighted by Crippen LogP contribution is -2.61. The SMILES string of the molecule is CCCCCCC(F)(F)C(F)(F)C(F)(F)P(c1cc(F)c(F)c(C(F)(F)F)c1F)C(F)(F)C(F)(F)C(F)(F)CCCCCC. The van der Waals surface area contributed by atoms with Crippen LogP contribution in [-0.4, -0.2) is 35.0 Å². The third-order valence-corrected chi connectivity index (χ3v) is 9.08. The molecule has 0 fully saturated rings. The van der Waals surface area contributed by atoms with E-state index < -0.39 is 109 Å². The van der Waals surface area contributed by atoms with Crippen molar-refractivity contribution in [2.75, 3.05) is 0 Å². The van der Waals surface area contributed by atoms with Crippen LogP contribution in [0.15, 0.2) is 6.07 Å². The van der Waals surface area contributed by atoms with Crippen molar-refractivity contribution in [2.45, 2.75) is 119 Å². The summed E-state index contributed by atoms with van der Waals surface area (Å²) in [5, 5.41) is -3.45. The van der Waals surface area contributed by atoms with E-state index in [4.69, 9.17) is 0 Å². The van der Waals surface area contributed by atoms with Crippen molar-refractivity contribution in [2.24, 2.45) is 0 Å². The van der Waals surface area contributed by atoms with Crippen LogP contribution in [0.2, 0.25) is 0 Å². The molecule has 0 nitrogen and oxygen atoms in total. The monoisotopic (exact) mass is 700 g/mol. The van der Waals surface area contributed by atoms with E-state index in [-0.39, 0.29) is 38.5 Å². The quantitative estimate of drug-likeness (QED) is 0.0657. The van der Waals surface area contributed by atoms with Gasteiger partial charge in [0.15, 0.2) is 11.6 Å². The molecule has 19 heteroatoms. The highest BCUT2D eigenvalue weighted by Crippen LogP contribution is 2.74. The summed E-state index contributed by atoms with van der Waals surface area (Å²) in [6, 6.07) is -1.38. The summed E-state index contributed by atoms with van der Waals surface area (Å²) in [7, 11) is -7.01. The summed E-state index contributed by atoms with van der Waals surface area (Å²) in [4.78, 5) is 0. The molecule has 0 saturated heterocycles. The second-order valence-corrected chi connectivity index (χ2v) is 12.3. The van der Waals surface area contributed by atoms with Gasteiger partial charge < -0.3 is 0 Å². The number of rotatable bonds is 17. The highest BCUT2D eigenvalue weighted by molar-refractivity contribution is 7.68. The predicted molar refractivity (Wildman–Crippen MR) is 125 cm³/mol. The van der Waals surface area contributed by atoms with Crippen molar-refractivity contribution in [3.05, 3.63) is 29.1 Å². The van der Waals surface area contributed by atoms with E-state index >= 15 is 17.6 Å². The topological polar surface area (TPSA) is 0 Å². The fourth-order valence-corrected chi connectivity index (χ4v) is 6.46. The Labute approximate surface area is 241 Å². The minimum absolute atomic E-state index is 0.0582. The van der Waals surface area contributed by atoms with Crippen molar-refractivity contribution in [3.8, 4) is 0 Å². The average molecular weight is 700 g/mol. The van der Waals surface area contributed by atoms with Crippen LogP contribution in [0.3, 0.4) is 0 Å². The second kappa shape index (κ2) is 14.0. The number of hydrogen-bond donors (Lipinski definition) is 0. The maximum Gasteiger partial charge on any atom is 0.422 e. The number of alkyl halides is 15. The molecule has 0 N–H and O–H groups in total. The van der Waals surface area contributed by atoms with Crippen LogP contribution in [-0.2, 0) is 6.18 Å². The Kier molecular flexibility index (Phi) is 12.9. The fourth-order valence-electron chi connectivity index (χ4n) is 4.06. The molecule has 258 valence electrons. The van der Waals surface area contributed by atoms with E-state index in [1.54, 1.807) is 0 Å². The van der Waals surface area contributed by atoms with E-state index in [1.165, 1.54) is 13.8 Å². The van der Waals surface area contributed by atoms with Crippen LogP contribution < -0.4 is 5.30 Å². The zero-order valence-corrected chi connectivity index (χ0v) is 23.8. The fraction of sp³-hybridized carbons (Fsp3) is 0.760. The minimum atomic E-state index is -7.43.